The first-order valence-corrected chi connectivity index (χ1v) is 10.6. The number of benzene rings is 1. The number of anilines is 1. The molecule has 1 aliphatic heterocycles. The largest absolute Gasteiger partial charge is 0.356 e. The molecule has 0 spiro atoms. The molecule has 1 aliphatic rings. The number of rotatable bonds is 4. The molecule has 1 saturated heterocycles. The summed E-state index contributed by atoms with van der Waals surface area (Å²) in [7, 11) is 0. The highest BCUT2D eigenvalue weighted by molar-refractivity contribution is 7.98. The molecule has 1 unspecified atom stereocenters. The average molecular weight is 367 g/mol. The zero-order valence-corrected chi connectivity index (χ0v) is 16.6. The number of thioether (sulfide) groups is 1. The number of imidazole rings is 1. The molecule has 0 amide bonds. The van der Waals surface area contributed by atoms with E-state index in [-0.39, 0.29) is 0 Å². The number of pyridine rings is 1. The van der Waals surface area contributed by atoms with Gasteiger partial charge in [0.05, 0.1) is 5.52 Å². The molecule has 1 fully saturated rings. The van der Waals surface area contributed by atoms with E-state index >= 15 is 0 Å². The van der Waals surface area contributed by atoms with Gasteiger partial charge in [-0.1, -0.05) is 0 Å². The summed E-state index contributed by atoms with van der Waals surface area (Å²) in [6.07, 6.45) is 8.53. The fraction of sp³-hybridized carbons (Fsp3) is 0.429. The lowest BCUT2D eigenvalue weighted by Crippen LogP contribution is -2.36. The van der Waals surface area contributed by atoms with Gasteiger partial charge in [0.1, 0.15) is 11.6 Å². The molecular formula is C21H26N4S. The van der Waals surface area contributed by atoms with Crippen molar-refractivity contribution in [2.24, 2.45) is 0 Å². The van der Waals surface area contributed by atoms with Crippen LogP contribution in [0.1, 0.15) is 37.1 Å². The predicted octanol–water partition coefficient (Wildman–Crippen LogP) is 4.87. The fourth-order valence-electron chi connectivity index (χ4n) is 3.99. The van der Waals surface area contributed by atoms with Crippen LogP contribution >= 0.6 is 11.8 Å². The molecule has 0 aliphatic carbocycles. The summed E-state index contributed by atoms with van der Waals surface area (Å²) in [6, 6.07) is 8.83. The zero-order chi connectivity index (χ0) is 18.1. The lowest BCUT2D eigenvalue weighted by Gasteiger charge is -2.33. The van der Waals surface area contributed by atoms with Crippen molar-refractivity contribution in [3.05, 3.63) is 48.0 Å². The van der Waals surface area contributed by atoms with Crippen molar-refractivity contribution in [3.63, 3.8) is 0 Å². The Hall–Kier alpha value is -2.01. The van der Waals surface area contributed by atoms with Crippen LogP contribution < -0.4 is 4.90 Å². The number of piperidine rings is 1. The van der Waals surface area contributed by atoms with E-state index in [1.54, 1.807) is 11.8 Å². The van der Waals surface area contributed by atoms with Gasteiger partial charge in [-0.05, 0) is 62.8 Å². The summed E-state index contributed by atoms with van der Waals surface area (Å²) >= 11 is 1.78. The topological polar surface area (TPSA) is 34.0 Å². The van der Waals surface area contributed by atoms with Crippen LogP contribution in [-0.2, 0) is 6.54 Å². The Kier molecular flexibility index (Phi) is 4.90. The molecular weight excluding hydrogens is 340 g/mol. The summed E-state index contributed by atoms with van der Waals surface area (Å²) in [4.78, 5) is 13.4. The number of fused-ring (bicyclic) bond motifs is 1. The second-order valence-corrected chi connectivity index (χ2v) is 7.92. The Bertz CT molecular complexity index is 918. The van der Waals surface area contributed by atoms with Gasteiger partial charge >= 0.3 is 0 Å². The van der Waals surface area contributed by atoms with E-state index in [1.807, 2.05) is 6.20 Å². The van der Waals surface area contributed by atoms with Crippen LogP contribution in [0, 0.1) is 6.92 Å². The predicted molar refractivity (Wildman–Crippen MR) is 110 cm³/mol. The van der Waals surface area contributed by atoms with Crippen molar-refractivity contribution < 1.29 is 0 Å². The molecule has 5 heteroatoms. The molecule has 0 radical (unpaired) electrons. The van der Waals surface area contributed by atoms with Crippen molar-refractivity contribution in [1.29, 1.82) is 0 Å². The standard InChI is InChI=1S/C21H26N4S/c1-4-24-11-9-22-21(24)16-6-5-10-25(14-16)20-12-15(2)18-13-17(26-3)7-8-19(18)23-20/h7-9,11-13,16H,4-6,10,14H2,1-3H3. The smallest absolute Gasteiger partial charge is 0.129 e. The minimum atomic E-state index is 0.482. The highest BCUT2D eigenvalue weighted by Gasteiger charge is 2.25. The fourth-order valence-corrected chi connectivity index (χ4v) is 4.43. The van der Waals surface area contributed by atoms with Gasteiger partial charge in [0.25, 0.3) is 0 Å². The SMILES string of the molecule is CCn1ccnc1C1CCCN(c2cc(C)c3cc(SC)ccc3n2)C1. The minimum absolute atomic E-state index is 0.482. The molecule has 4 nitrogen and oxygen atoms in total. The highest BCUT2D eigenvalue weighted by atomic mass is 32.2. The van der Waals surface area contributed by atoms with Gasteiger partial charge in [0.2, 0.25) is 0 Å². The summed E-state index contributed by atoms with van der Waals surface area (Å²) < 4.78 is 2.27. The third kappa shape index (κ3) is 3.20. The average Bonchev–Trinajstić information content (AvgIpc) is 3.16. The van der Waals surface area contributed by atoms with Crippen LogP contribution in [0.4, 0.5) is 5.82 Å². The molecule has 3 aromatic rings. The summed E-state index contributed by atoms with van der Waals surface area (Å²) in [5, 5.41) is 1.26. The molecule has 26 heavy (non-hydrogen) atoms. The maximum Gasteiger partial charge on any atom is 0.129 e. The summed E-state index contributed by atoms with van der Waals surface area (Å²) in [5.74, 6) is 2.81. The third-order valence-electron chi connectivity index (χ3n) is 5.41. The maximum absolute atomic E-state index is 4.98. The van der Waals surface area contributed by atoms with Crippen molar-refractivity contribution in [3.8, 4) is 0 Å². The Labute approximate surface area is 159 Å². The Morgan fingerprint density at radius 3 is 2.96 bits per heavy atom. The van der Waals surface area contributed by atoms with Crippen molar-refractivity contribution in [2.75, 3.05) is 24.2 Å². The monoisotopic (exact) mass is 366 g/mol. The molecule has 4 rings (SSSR count). The van der Waals surface area contributed by atoms with Crippen LogP contribution in [0.2, 0.25) is 0 Å². The lowest BCUT2D eigenvalue weighted by atomic mass is 9.97. The van der Waals surface area contributed by atoms with E-state index in [0.717, 1.165) is 31.0 Å². The van der Waals surface area contributed by atoms with E-state index in [0.29, 0.717) is 5.92 Å². The summed E-state index contributed by atoms with van der Waals surface area (Å²) in [5.41, 5.74) is 2.40. The van der Waals surface area contributed by atoms with E-state index in [4.69, 9.17) is 4.98 Å². The number of hydrogen-bond donors (Lipinski definition) is 0. The number of hydrogen-bond acceptors (Lipinski definition) is 4. The van der Waals surface area contributed by atoms with Gasteiger partial charge in [-0.2, -0.15) is 0 Å². The molecule has 0 saturated carbocycles. The van der Waals surface area contributed by atoms with Crippen molar-refractivity contribution in [2.45, 2.75) is 44.0 Å². The first kappa shape index (κ1) is 17.4. The molecule has 1 aromatic carbocycles. The molecule has 2 aromatic heterocycles. The van der Waals surface area contributed by atoms with Crippen LogP contribution in [0.3, 0.4) is 0 Å². The molecule has 136 valence electrons. The molecule has 1 atom stereocenters. The second-order valence-electron chi connectivity index (χ2n) is 7.04. The van der Waals surface area contributed by atoms with Crippen LogP contribution in [0.25, 0.3) is 10.9 Å². The van der Waals surface area contributed by atoms with Crippen LogP contribution in [-0.4, -0.2) is 33.9 Å². The third-order valence-corrected chi connectivity index (χ3v) is 6.13. The van der Waals surface area contributed by atoms with Gasteiger partial charge in [0.15, 0.2) is 0 Å². The van der Waals surface area contributed by atoms with E-state index in [1.165, 1.54) is 34.5 Å². The molecule has 0 N–H and O–H groups in total. The maximum atomic E-state index is 4.98. The Morgan fingerprint density at radius 2 is 2.15 bits per heavy atom. The normalized spacial score (nSPS) is 17.8. The minimum Gasteiger partial charge on any atom is -0.356 e. The zero-order valence-electron chi connectivity index (χ0n) is 15.8. The van der Waals surface area contributed by atoms with Crippen LogP contribution in [0.15, 0.2) is 41.6 Å². The first-order valence-electron chi connectivity index (χ1n) is 9.41. The Morgan fingerprint density at radius 1 is 1.27 bits per heavy atom. The van der Waals surface area contributed by atoms with Gasteiger partial charge in [-0.25, -0.2) is 9.97 Å². The molecule has 0 bridgehead atoms. The number of aromatic nitrogens is 3. The van der Waals surface area contributed by atoms with Crippen molar-refractivity contribution >= 4 is 28.5 Å². The second kappa shape index (κ2) is 7.31. The van der Waals surface area contributed by atoms with E-state index in [9.17, 15) is 0 Å². The number of nitrogens with zero attached hydrogens (tertiary/aromatic N) is 4. The van der Waals surface area contributed by atoms with E-state index in [2.05, 4.69) is 65.0 Å². The number of aryl methyl sites for hydroxylation is 2. The highest BCUT2D eigenvalue weighted by Crippen LogP contribution is 2.31. The summed E-state index contributed by atoms with van der Waals surface area (Å²) in [6.45, 7) is 7.44. The van der Waals surface area contributed by atoms with Gasteiger partial charge in [-0.15, -0.1) is 11.8 Å². The van der Waals surface area contributed by atoms with Crippen LogP contribution in [0.5, 0.6) is 0 Å². The van der Waals surface area contributed by atoms with Crippen molar-refractivity contribution in [1.82, 2.24) is 14.5 Å². The first-order chi connectivity index (χ1) is 12.7. The Balaban J connectivity index is 1.64. The van der Waals surface area contributed by atoms with Gasteiger partial charge < -0.3 is 9.47 Å². The van der Waals surface area contributed by atoms with Gasteiger partial charge in [0, 0.05) is 48.2 Å². The molecule has 3 heterocycles. The quantitative estimate of drug-likeness (QED) is 0.617. The lowest BCUT2D eigenvalue weighted by molar-refractivity contribution is 0.472. The van der Waals surface area contributed by atoms with E-state index < -0.39 is 0 Å². The van der Waals surface area contributed by atoms with Gasteiger partial charge in [-0.3, -0.25) is 0 Å².